The standard InChI is InChI=1S/C7H9ClN/c1-6-3-4-7(8)5-9(6)2/h3-5H,1-2H3/q+1. The Morgan fingerprint density at radius 2 is 2.11 bits per heavy atom. The largest absolute Gasteiger partial charge is 0.204 e. The number of aromatic nitrogens is 1. The third-order valence-corrected chi connectivity index (χ3v) is 1.58. The van der Waals surface area contributed by atoms with Crippen molar-refractivity contribution in [3.8, 4) is 0 Å². The van der Waals surface area contributed by atoms with Crippen LogP contribution in [0, 0.1) is 6.92 Å². The van der Waals surface area contributed by atoms with Gasteiger partial charge in [0, 0.05) is 13.0 Å². The average molecular weight is 143 g/mol. The Morgan fingerprint density at radius 1 is 1.44 bits per heavy atom. The molecule has 0 N–H and O–H groups in total. The summed E-state index contributed by atoms with van der Waals surface area (Å²) in [5.41, 5.74) is 1.21. The molecule has 0 aliphatic carbocycles. The van der Waals surface area contributed by atoms with Crippen molar-refractivity contribution in [2.45, 2.75) is 6.92 Å². The van der Waals surface area contributed by atoms with Crippen LogP contribution in [0.1, 0.15) is 5.69 Å². The van der Waals surface area contributed by atoms with E-state index in [0.29, 0.717) is 0 Å². The molecule has 0 radical (unpaired) electrons. The van der Waals surface area contributed by atoms with Gasteiger partial charge < -0.3 is 0 Å². The maximum absolute atomic E-state index is 5.70. The highest BCUT2D eigenvalue weighted by atomic mass is 35.5. The lowest BCUT2D eigenvalue weighted by Crippen LogP contribution is -2.30. The van der Waals surface area contributed by atoms with Crippen LogP contribution in [0.25, 0.3) is 0 Å². The van der Waals surface area contributed by atoms with E-state index in [1.54, 1.807) is 0 Å². The summed E-state index contributed by atoms with van der Waals surface area (Å²) in [6.45, 7) is 2.04. The van der Waals surface area contributed by atoms with Crippen LogP contribution in [0.5, 0.6) is 0 Å². The van der Waals surface area contributed by atoms with Gasteiger partial charge >= 0.3 is 0 Å². The first kappa shape index (κ1) is 6.56. The van der Waals surface area contributed by atoms with Crippen LogP contribution < -0.4 is 4.57 Å². The molecule has 2 heteroatoms. The lowest BCUT2D eigenvalue weighted by molar-refractivity contribution is -0.677. The lowest BCUT2D eigenvalue weighted by Gasteiger charge is -1.90. The molecule has 1 nitrogen and oxygen atoms in total. The molecule has 1 rings (SSSR count). The topological polar surface area (TPSA) is 3.88 Å². The molecule has 0 bridgehead atoms. The Labute approximate surface area is 59.9 Å². The van der Waals surface area contributed by atoms with Crippen molar-refractivity contribution in [2.75, 3.05) is 0 Å². The third kappa shape index (κ3) is 1.42. The van der Waals surface area contributed by atoms with E-state index in [9.17, 15) is 0 Å². The van der Waals surface area contributed by atoms with Gasteiger partial charge in [0.05, 0.1) is 0 Å². The first-order valence-corrected chi connectivity index (χ1v) is 3.20. The minimum Gasteiger partial charge on any atom is -0.204 e. The lowest BCUT2D eigenvalue weighted by atomic mass is 10.4. The minimum absolute atomic E-state index is 0.781. The number of halogens is 1. The fourth-order valence-corrected chi connectivity index (χ4v) is 0.857. The molecule has 0 saturated heterocycles. The molecule has 0 unspecified atom stereocenters. The summed E-state index contributed by atoms with van der Waals surface area (Å²) in [6, 6.07) is 3.87. The van der Waals surface area contributed by atoms with E-state index in [4.69, 9.17) is 11.6 Å². The zero-order valence-electron chi connectivity index (χ0n) is 5.56. The van der Waals surface area contributed by atoms with Gasteiger partial charge in [-0.3, -0.25) is 0 Å². The summed E-state index contributed by atoms with van der Waals surface area (Å²) < 4.78 is 1.99. The van der Waals surface area contributed by atoms with Crippen molar-refractivity contribution in [1.29, 1.82) is 0 Å². The van der Waals surface area contributed by atoms with Crippen LogP contribution in [0.3, 0.4) is 0 Å². The SMILES string of the molecule is Cc1ccc(Cl)c[n+]1C. The van der Waals surface area contributed by atoms with Gasteiger partial charge in [-0.2, -0.15) is 0 Å². The van der Waals surface area contributed by atoms with Crippen LogP contribution in [0.4, 0.5) is 0 Å². The zero-order valence-corrected chi connectivity index (χ0v) is 6.31. The van der Waals surface area contributed by atoms with Gasteiger partial charge in [0.25, 0.3) is 0 Å². The maximum atomic E-state index is 5.70. The summed E-state index contributed by atoms with van der Waals surface area (Å²) in [5.74, 6) is 0. The van der Waals surface area contributed by atoms with E-state index in [1.165, 1.54) is 5.69 Å². The summed E-state index contributed by atoms with van der Waals surface area (Å²) in [7, 11) is 1.97. The fourth-order valence-electron chi connectivity index (χ4n) is 0.648. The monoisotopic (exact) mass is 142 g/mol. The van der Waals surface area contributed by atoms with E-state index in [0.717, 1.165) is 5.02 Å². The van der Waals surface area contributed by atoms with Gasteiger partial charge in [-0.25, -0.2) is 4.57 Å². The molecule has 0 atom stereocenters. The molecule has 0 spiro atoms. The number of pyridine rings is 1. The number of hydrogen-bond acceptors (Lipinski definition) is 0. The van der Waals surface area contributed by atoms with E-state index in [-0.39, 0.29) is 0 Å². The minimum atomic E-state index is 0.781. The molecule has 1 aromatic heterocycles. The molecule has 0 saturated carbocycles. The van der Waals surface area contributed by atoms with Gasteiger partial charge in [0.15, 0.2) is 11.9 Å². The number of aryl methyl sites for hydroxylation is 2. The molecule has 1 aromatic rings. The van der Waals surface area contributed by atoms with Gasteiger partial charge in [0.1, 0.15) is 12.1 Å². The quantitative estimate of drug-likeness (QED) is 0.483. The van der Waals surface area contributed by atoms with Crippen LogP contribution in [0.15, 0.2) is 18.3 Å². The Hall–Kier alpha value is -0.560. The summed E-state index contributed by atoms with van der Waals surface area (Å²) in [4.78, 5) is 0. The normalized spacial score (nSPS) is 9.67. The van der Waals surface area contributed by atoms with Gasteiger partial charge in [-0.15, -0.1) is 0 Å². The van der Waals surface area contributed by atoms with Crippen molar-refractivity contribution in [2.24, 2.45) is 7.05 Å². The fraction of sp³-hybridized carbons (Fsp3) is 0.286. The zero-order chi connectivity index (χ0) is 6.85. The molecular weight excluding hydrogens is 134 g/mol. The second-order valence-corrected chi connectivity index (χ2v) is 2.54. The molecule has 9 heavy (non-hydrogen) atoms. The molecule has 0 fully saturated rings. The van der Waals surface area contributed by atoms with Gasteiger partial charge in [-0.1, -0.05) is 11.6 Å². The predicted molar refractivity (Wildman–Crippen MR) is 37.4 cm³/mol. The maximum Gasteiger partial charge on any atom is 0.187 e. The smallest absolute Gasteiger partial charge is 0.187 e. The first-order chi connectivity index (χ1) is 4.20. The Bertz CT molecular complexity index is 220. The molecule has 48 valence electrons. The number of rotatable bonds is 0. The molecular formula is C7H9ClN+. The average Bonchev–Trinajstić information content (AvgIpc) is 1.80. The highest BCUT2D eigenvalue weighted by Gasteiger charge is 1.98. The molecule has 0 aromatic carbocycles. The van der Waals surface area contributed by atoms with Crippen LogP contribution in [-0.2, 0) is 7.05 Å². The van der Waals surface area contributed by atoms with E-state index in [1.807, 2.05) is 36.9 Å². The predicted octanol–water partition coefficient (Wildman–Crippen LogP) is 1.47. The van der Waals surface area contributed by atoms with Crippen molar-refractivity contribution >= 4 is 11.6 Å². The summed E-state index contributed by atoms with van der Waals surface area (Å²) in [6.07, 6.45) is 1.89. The van der Waals surface area contributed by atoms with E-state index < -0.39 is 0 Å². The van der Waals surface area contributed by atoms with Gasteiger partial charge in [0.2, 0.25) is 0 Å². The highest BCUT2D eigenvalue weighted by Crippen LogP contribution is 2.02. The Balaban J connectivity index is 3.17. The first-order valence-electron chi connectivity index (χ1n) is 2.82. The van der Waals surface area contributed by atoms with Crippen LogP contribution in [-0.4, -0.2) is 0 Å². The van der Waals surface area contributed by atoms with Gasteiger partial charge in [-0.05, 0) is 6.07 Å². The second-order valence-electron chi connectivity index (χ2n) is 2.10. The van der Waals surface area contributed by atoms with Crippen molar-refractivity contribution < 1.29 is 4.57 Å². The van der Waals surface area contributed by atoms with E-state index in [2.05, 4.69) is 0 Å². The summed E-state index contributed by atoms with van der Waals surface area (Å²) in [5, 5.41) is 0.781. The number of nitrogens with zero attached hydrogens (tertiary/aromatic N) is 1. The second kappa shape index (κ2) is 2.36. The van der Waals surface area contributed by atoms with Crippen molar-refractivity contribution in [3.63, 3.8) is 0 Å². The highest BCUT2D eigenvalue weighted by molar-refractivity contribution is 6.30. The Morgan fingerprint density at radius 3 is 2.56 bits per heavy atom. The molecule has 0 aliphatic rings. The molecule has 1 heterocycles. The molecule has 0 amide bonds. The third-order valence-electron chi connectivity index (χ3n) is 1.36. The van der Waals surface area contributed by atoms with Crippen LogP contribution >= 0.6 is 11.6 Å². The van der Waals surface area contributed by atoms with E-state index >= 15 is 0 Å². The Kier molecular flexibility index (Phi) is 1.72. The van der Waals surface area contributed by atoms with Crippen molar-refractivity contribution in [1.82, 2.24) is 0 Å². The summed E-state index contributed by atoms with van der Waals surface area (Å²) >= 11 is 5.70. The molecule has 0 aliphatic heterocycles. The van der Waals surface area contributed by atoms with Crippen molar-refractivity contribution in [3.05, 3.63) is 29.0 Å². The number of hydrogen-bond donors (Lipinski definition) is 0. The van der Waals surface area contributed by atoms with Crippen LogP contribution in [0.2, 0.25) is 5.02 Å².